The number of piperidine rings is 1. The van der Waals surface area contributed by atoms with Crippen LogP contribution in [0.1, 0.15) is 24.8 Å². The van der Waals surface area contributed by atoms with Gasteiger partial charge in [0.1, 0.15) is 5.75 Å². The fourth-order valence-corrected chi connectivity index (χ4v) is 3.45. The summed E-state index contributed by atoms with van der Waals surface area (Å²) in [4.78, 5) is 6.87. The topological polar surface area (TPSA) is 72.1 Å². The van der Waals surface area contributed by atoms with Gasteiger partial charge in [-0.05, 0) is 49.1 Å². The van der Waals surface area contributed by atoms with Crippen LogP contribution in [0.2, 0.25) is 0 Å². The first-order valence-electron chi connectivity index (χ1n) is 10.3. The van der Waals surface area contributed by atoms with Crippen molar-refractivity contribution in [2.75, 3.05) is 38.7 Å². The van der Waals surface area contributed by atoms with E-state index in [1.54, 1.807) is 7.11 Å². The molecular formula is C23H32N4O2. The largest absolute Gasteiger partial charge is 0.497 e. The van der Waals surface area contributed by atoms with E-state index in [0.29, 0.717) is 18.6 Å². The Morgan fingerprint density at radius 3 is 2.52 bits per heavy atom. The Balaban J connectivity index is 1.27. The molecule has 6 heteroatoms. The number of nitrogens with two attached hydrogens (primary N) is 1. The number of rotatable bonds is 9. The van der Waals surface area contributed by atoms with E-state index in [2.05, 4.69) is 45.5 Å². The Kier molecular flexibility index (Phi) is 8.34. The van der Waals surface area contributed by atoms with Crippen molar-refractivity contribution < 1.29 is 9.47 Å². The number of hydrogen-bond acceptors (Lipinski definition) is 4. The fourth-order valence-electron chi connectivity index (χ4n) is 3.45. The van der Waals surface area contributed by atoms with Crippen LogP contribution >= 0.6 is 0 Å². The van der Waals surface area contributed by atoms with Crippen LogP contribution in [0.4, 0.5) is 5.69 Å². The summed E-state index contributed by atoms with van der Waals surface area (Å²) in [5.74, 6) is 1.23. The summed E-state index contributed by atoms with van der Waals surface area (Å²) in [5, 5.41) is 3.08. The van der Waals surface area contributed by atoms with E-state index in [1.807, 2.05) is 24.3 Å². The number of nitrogens with one attached hydrogen (secondary N) is 1. The summed E-state index contributed by atoms with van der Waals surface area (Å²) in [6, 6.07) is 18.2. The van der Waals surface area contributed by atoms with Gasteiger partial charge in [-0.25, -0.2) is 0 Å². The molecule has 3 N–H and O–H groups in total. The number of benzene rings is 2. The van der Waals surface area contributed by atoms with Crippen LogP contribution in [0.5, 0.6) is 5.75 Å². The van der Waals surface area contributed by atoms with Gasteiger partial charge in [-0.2, -0.15) is 0 Å². The van der Waals surface area contributed by atoms with Gasteiger partial charge in [0.15, 0.2) is 5.96 Å². The molecule has 29 heavy (non-hydrogen) atoms. The maximum Gasteiger partial charge on any atom is 0.193 e. The first-order valence-corrected chi connectivity index (χ1v) is 10.3. The highest BCUT2D eigenvalue weighted by atomic mass is 16.5. The lowest BCUT2D eigenvalue weighted by Crippen LogP contribution is -2.36. The highest BCUT2D eigenvalue weighted by Gasteiger charge is 2.19. The van der Waals surface area contributed by atoms with E-state index in [4.69, 9.17) is 15.2 Å². The average molecular weight is 397 g/mol. The van der Waals surface area contributed by atoms with E-state index >= 15 is 0 Å². The highest BCUT2D eigenvalue weighted by molar-refractivity contribution is 5.92. The number of ether oxygens (including phenoxy) is 2. The van der Waals surface area contributed by atoms with Gasteiger partial charge in [0, 0.05) is 38.5 Å². The van der Waals surface area contributed by atoms with Crippen LogP contribution in [0.15, 0.2) is 59.6 Å². The third-order valence-electron chi connectivity index (χ3n) is 5.08. The molecule has 0 radical (unpaired) electrons. The zero-order chi connectivity index (χ0) is 20.3. The number of aliphatic imine (C=N–C) groups is 1. The molecule has 0 amide bonds. The summed E-state index contributed by atoms with van der Waals surface area (Å²) >= 11 is 0. The molecule has 0 saturated carbocycles. The lowest BCUT2D eigenvalue weighted by Gasteiger charge is -2.31. The van der Waals surface area contributed by atoms with Crippen molar-refractivity contribution in [2.24, 2.45) is 10.7 Å². The van der Waals surface area contributed by atoms with E-state index in [-0.39, 0.29) is 0 Å². The van der Waals surface area contributed by atoms with Crippen molar-refractivity contribution >= 4 is 11.6 Å². The van der Waals surface area contributed by atoms with Gasteiger partial charge in [-0.1, -0.05) is 30.3 Å². The van der Waals surface area contributed by atoms with Crippen LogP contribution in [0.3, 0.4) is 0 Å². The molecule has 2 aromatic rings. The summed E-state index contributed by atoms with van der Waals surface area (Å²) < 4.78 is 11.2. The van der Waals surface area contributed by atoms with Crippen molar-refractivity contribution in [1.82, 2.24) is 4.90 Å². The van der Waals surface area contributed by atoms with Gasteiger partial charge < -0.3 is 20.5 Å². The standard InChI is InChI=1S/C23H32N4O2/c1-28-21-10-8-20(9-11-21)26-23(24)25-14-5-17-29-22-12-15-27(16-13-22)18-19-6-3-2-4-7-19/h2-4,6-11,22H,5,12-18H2,1H3,(H3,24,25,26). The number of anilines is 1. The molecule has 1 heterocycles. The molecule has 156 valence electrons. The van der Waals surface area contributed by atoms with E-state index < -0.39 is 0 Å². The van der Waals surface area contributed by atoms with Gasteiger partial charge in [-0.3, -0.25) is 9.89 Å². The van der Waals surface area contributed by atoms with Gasteiger partial charge in [0.2, 0.25) is 0 Å². The van der Waals surface area contributed by atoms with Gasteiger partial charge >= 0.3 is 0 Å². The monoisotopic (exact) mass is 396 g/mol. The van der Waals surface area contributed by atoms with Crippen molar-refractivity contribution in [3.8, 4) is 5.75 Å². The molecule has 1 aliphatic heterocycles. The first kappa shape index (κ1) is 21.1. The van der Waals surface area contributed by atoms with E-state index in [9.17, 15) is 0 Å². The maximum atomic E-state index is 6.04. The predicted octanol–water partition coefficient (Wildman–Crippen LogP) is 3.49. The lowest BCUT2D eigenvalue weighted by atomic mass is 10.1. The Bertz CT molecular complexity index is 741. The Hall–Kier alpha value is -2.57. The van der Waals surface area contributed by atoms with Crippen molar-refractivity contribution in [2.45, 2.75) is 31.9 Å². The first-order chi connectivity index (χ1) is 14.2. The van der Waals surface area contributed by atoms with Crippen LogP contribution < -0.4 is 15.8 Å². The van der Waals surface area contributed by atoms with Crippen LogP contribution in [-0.2, 0) is 11.3 Å². The minimum atomic E-state index is 0.362. The van der Waals surface area contributed by atoms with Gasteiger partial charge in [0.25, 0.3) is 0 Å². The number of likely N-dealkylation sites (tertiary alicyclic amines) is 1. The van der Waals surface area contributed by atoms with Crippen LogP contribution in [-0.4, -0.2) is 50.3 Å². The van der Waals surface area contributed by atoms with Crippen molar-refractivity contribution in [3.05, 3.63) is 60.2 Å². The fraction of sp³-hybridized carbons (Fsp3) is 0.435. The lowest BCUT2D eigenvalue weighted by molar-refractivity contribution is 0.00566. The number of nitrogens with zero attached hydrogens (tertiary/aromatic N) is 2. The van der Waals surface area contributed by atoms with Crippen LogP contribution in [0.25, 0.3) is 0 Å². The van der Waals surface area contributed by atoms with Crippen molar-refractivity contribution in [3.63, 3.8) is 0 Å². The Morgan fingerprint density at radius 2 is 1.83 bits per heavy atom. The van der Waals surface area contributed by atoms with E-state index in [0.717, 1.165) is 56.9 Å². The smallest absolute Gasteiger partial charge is 0.193 e. The second-order valence-electron chi connectivity index (χ2n) is 7.31. The van der Waals surface area contributed by atoms with Crippen LogP contribution in [0, 0.1) is 0 Å². The normalized spacial score (nSPS) is 16.0. The molecule has 0 bridgehead atoms. The molecule has 0 aromatic heterocycles. The second-order valence-corrected chi connectivity index (χ2v) is 7.31. The summed E-state index contributed by atoms with van der Waals surface area (Å²) in [6.45, 7) is 4.60. The zero-order valence-electron chi connectivity index (χ0n) is 17.2. The Morgan fingerprint density at radius 1 is 1.10 bits per heavy atom. The quantitative estimate of drug-likeness (QED) is 0.386. The second kappa shape index (κ2) is 11.4. The van der Waals surface area contributed by atoms with Crippen molar-refractivity contribution in [1.29, 1.82) is 0 Å². The highest BCUT2D eigenvalue weighted by Crippen LogP contribution is 2.17. The summed E-state index contributed by atoms with van der Waals surface area (Å²) in [6.07, 6.45) is 3.42. The molecule has 1 aliphatic rings. The minimum absolute atomic E-state index is 0.362. The molecule has 6 nitrogen and oxygen atoms in total. The third kappa shape index (κ3) is 7.40. The molecule has 3 rings (SSSR count). The predicted molar refractivity (Wildman–Crippen MR) is 118 cm³/mol. The maximum absolute atomic E-state index is 6.04. The third-order valence-corrected chi connectivity index (χ3v) is 5.08. The molecular weight excluding hydrogens is 364 g/mol. The van der Waals surface area contributed by atoms with Gasteiger partial charge in [0.05, 0.1) is 13.2 Å². The number of hydrogen-bond donors (Lipinski definition) is 2. The number of guanidine groups is 1. The number of methoxy groups -OCH3 is 1. The van der Waals surface area contributed by atoms with E-state index in [1.165, 1.54) is 5.56 Å². The molecule has 0 spiro atoms. The minimum Gasteiger partial charge on any atom is -0.497 e. The zero-order valence-corrected chi connectivity index (χ0v) is 17.2. The molecule has 1 fully saturated rings. The molecule has 0 atom stereocenters. The SMILES string of the molecule is COc1ccc(NC(N)=NCCCOC2CCN(Cc3ccccc3)CC2)cc1. The summed E-state index contributed by atoms with van der Waals surface area (Å²) in [5.41, 5.74) is 8.22. The molecule has 0 unspecified atom stereocenters. The Labute approximate surface area is 173 Å². The average Bonchev–Trinajstić information content (AvgIpc) is 2.76. The van der Waals surface area contributed by atoms with Gasteiger partial charge in [-0.15, -0.1) is 0 Å². The summed E-state index contributed by atoms with van der Waals surface area (Å²) in [7, 11) is 1.65. The molecule has 2 aromatic carbocycles. The molecule has 0 aliphatic carbocycles. The molecule has 1 saturated heterocycles.